The quantitative estimate of drug-likeness (QED) is 0.909. The summed E-state index contributed by atoms with van der Waals surface area (Å²) in [5, 5.41) is 3.71. The molecule has 2 saturated heterocycles. The highest BCUT2D eigenvalue weighted by atomic mass is 15.3. The number of hydrogen-bond acceptors (Lipinski definition) is 4. The van der Waals surface area contributed by atoms with Gasteiger partial charge in [-0.1, -0.05) is 18.2 Å². The van der Waals surface area contributed by atoms with E-state index in [1.807, 2.05) is 0 Å². The van der Waals surface area contributed by atoms with Crippen molar-refractivity contribution in [2.24, 2.45) is 0 Å². The number of nitrogens with zero attached hydrogens (tertiary/aromatic N) is 3. The van der Waals surface area contributed by atoms with E-state index in [1.165, 1.54) is 18.5 Å². The topological polar surface area (TPSA) is 21.8 Å². The normalized spacial score (nSPS) is 28.0. The van der Waals surface area contributed by atoms with Gasteiger partial charge in [-0.2, -0.15) is 0 Å². The summed E-state index contributed by atoms with van der Waals surface area (Å²) >= 11 is 0. The second kappa shape index (κ2) is 6.77. The van der Waals surface area contributed by atoms with Crippen LogP contribution in [0.1, 0.15) is 12.8 Å². The molecule has 1 N–H and O–H groups in total. The number of piperazine rings is 1. The van der Waals surface area contributed by atoms with Crippen molar-refractivity contribution < 1.29 is 0 Å². The van der Waals surface area contributed by atoms with Crippen LogP contribution >= 0.6 is 0 Å². The van der Waals surface area contributed by atoms with Crippen LogP contribution in [0.5, 0.6) is 0 Å². The SMILES string of the molecule is CN(C)C1CCNC(N2CCN(c3ccccc3)CC2)C1. The van der Waals surface area contributed by atoms with Gasteiger partial charge in [-0.3, -0.25) is 4.90 Å². The lowest BCUT2D eigenvalue weighted by Crippen LogP contribution is -2.59. The van der Waals surface area contributed by atoms with Crippen molar-refractivity contribution in [3.8, 4) is 0 Å². The van der Waals surface area contributed by atoms with Crippen molar-refractivity contribution in [2.45, 2.75) is 25.0 Å². The first-order valence-electron chi connectivity index (χ1n) is 8.18. The van der Waals surface area contributed by atoms with E-state index in [0.29, 0.717) is 6.17 Å². The summed E-state index contributed by atoms with van der Waals surface area (Å²) in [5.74, 6) is 0. The third-order valence-corrected chi connectivity index (χ3v) is 4.96. The summed E-state index contributed by atoms with van der Waals surface area (Å²) in [6.07, 6.45) is 3.08. The Hall–Kier alpha value is -1.10. The zero-order chi connectivity index (χ0) is 14.7. The van der Waals surface area contributed by atoms with E-state index in [1.54, 1.807) is 0 Å². The van der Waals surface area contributed by atoms with Crippen molar-refractivity contribution in [1.29, 1.82) is 0 Å². The second-order valence-corrected chi connectivity index (χ2v) is 6.47. The number of piperidine rings is 1. The van der Waals surface area contributed by atoms with E-state index in [9.17, 15) is 0 Å². The van der Waals surface area contributed by atoms with E-state index >= 15 is 0 Å². The molecule has 2 heterocycles. The van der Waals surface area contributed by atoms with E-state index in [4.69, 9.17) is 0 Å². The van der Waals surface area contributed by atoms with E-state index < -0.39 is 0 Å². The third-order valence-electron chi connectivity index (χ3n) is 4.96. The number of benzene rings is 1. The van der Waals surface area contributed by atoms with Gasteiger partial charge in [-0.15, -0.1) is 0 Å². The van der Waals surface area contributed by atoms with Crippen LogP contribution in [0, 0.1) is 0 Å². The fraction of sp³-hybridized carbons (Fsp3) is 0.647. The molecule has 21 heavy (non-hydrogen) atoms. The maximum Gasteiger partial charge on any atom is 0.0613 e. The standard InChI is InChI=1S/C17H28N4/c1-19(2)16-8-9-18-17(14-16)21-12-10-20(11-13-21)15-6-4-3-5-7-15/h3-7,16-18H,8-14H2,1-2H3. The van der Waals surface area contributed by atoms with Crippen LogP contribution in [0.2, 0.25) is 0 Å². The van der Waals surface area contributed by atoms with Gasteiger partial charge in [0.2, 0.25) is 0 Å². The maximum atomic E-state index is 3.71. The summed E-state index contributed by atoms with van der Waals surface area (Å²) in [6, 6.07) is 11.5. The van der Waals surface area contributed by atoms with Crippen molar-refractivity contribution in [3.63, 3.8) is 0 Å². The first kappa shape index (κ1) is 14.8. The minimum absolute atomic E-state index is 0.559. The fourth-order valence-corrected chi connectivity index (χ4v) is 3.55. The lowest BCUT2D eigenvalue weighted by molar-refractivity contribution is 0.0891. The molecule has 0 bridgehead atoms. The summed E-state index contributed by atoms with van der Waals surface area (Å²) in [4.78, 5) is 7.52. The van der Waals surface area contributed by atoms with Gasteiger partial charge in [0.25, 0.3) is 0 Å². The number of para-hydroxylation sites is 1. The van der Waals surface area contributed by atoms with Crippen LogP contribution in [0.4, 0.5) is 5.69 Å². The lowest BCUT2D eigenvalue weighted by Gasteiger charge is -2.44. The highest BCUT2D eigenvalue weighted by Gasteiger charge is 2.29. The van der Waals surface area contributed by atoms with Crippen molar-refractivity contribution in [1.82, 2.24) is 15.1 Å². The fourth-order valence-electron chi connectivity index (χ4n) is 3.55. The molecule has 116 valence electrons. The molecule has 1 aromatic rings. The molecule has 0 amide bonds. The molecule has 4 heteroatoms. The van der Waals surface area contributed by atoms with Gasteiger partial charge in [-0.25, -0.2) is 0 Å². The Bertz CT molecular complexity index is 426. The minimum atomic E-state index is 0.559. The van der Waals surface area contributed by atoms with Gasteiger partial charge in [0.1, 0.15) is 0 Å². The molecule has 3 rings (SSSR count). The van der Waals surface area contributed by atoms with Gasteiger partial charge in [0, 0.05) is 37.9 Å². The molecule has 2 atom stereocenters. The Balaban J connectivity index is 1.53. The summed E-state index contributed by atoms with van der Waals surface area (Å²) in [7, 11) is 4.42. The summed E-state index contributed by atoms with van der Waals surface area (Å²) < 4.78 is 0. The molecule has 2 aliphatic rings. The van der Waals surface area contributed by atoms with Gasteiger partial charge in [0.15, 0.2) is 0 Å². The highest BCUT2D eigenvalue weighted by molar-refractivity contribution is 5.46. The number of rotatable bonds is 3. The van der Waals surface area contributed by atoms with Crippen molar-refractivity contribution in [2.75, 3.05) is 51.7 Å². The molecule has 0 radical (unpaired) electrons. The molecule has 0 aliphatic carbocycles. The van der Waals surface area contributed by atoms with E-state index in [2.05, 4.69) is 64.4 Å². The molecule has 4 nitrogen and oxygen atoms in total. The average molecular weight is 288 g/mol. The summed E-state index contributed by atoms with van der Waals surface area (Å²) in [6.45, 7) is 5.73. The Morgan fingerprint density at radius 2 is 1.76 bits per heavy atom. The van der Waals surface area contributed by atoms with Crippen LogP contribution < -0.4 is 10.2 Å². The molecule has 2 fully saturated rings. The monoisotopic (exact) mass is 288 g/mol. The smallest absolute Gasteiger partial charge is 0.0613 e. The average Bonchev–Trinajstić information content (AvgIpc) is 2.56. The first-order chi connectivity index (χ1) is 10.2. The molecule has 1 aromatic carbocycles. The van der Waals surface area contributed by atoms with Crippen molar-refractivity contribution in [3.05, 3.63) is 30.3 Å². The highest BCUT2D eigenvalue weighted by Crippen LogP contribution is 2.20. The predicted molar refractivity (Wildman–Crippen MR) is 88.7 cm³/mol. The van der Waals surface area contributed by atoms with Crippen LogP contribution in [0.25, 0.3) is 0 Å². The van der Waals surface area contributed by atoms with Gasteiger partial charge in [0.05, 0.1) is 6.17 Å². The van der Waals surface area contributed by atoms with Crippen LogP contribution in [0.15, 0.2) is 30.3 Å². The molecular formula is C17H28N4. The Morgan fingerprint density at radius 3 is 2.43 bits per heavy atom. The zero-order valence-electron chi connectivity index (χ0n) is 13.3. The second-order valence-electron chi connectivity index (χ2n) is 6.47. The first-order valence-corrected chi connectivity index (χ1v) is 8.18. The molecule has 2 aliphatic heterocycles. The largest absolute Gasteiger partial charge is 0.369 e. The van der Waals surface area contributed by atoms with Gasteiger partial charge >= 0.3 is 0 Å². The number of anilines is 1. The van der Waals surface area contributed by atoms with Crippen LogP contribution in [-0.2, 0) is 0 Å². The molecule has 0 aromatic heterocycles. The van der Waals surface area contributed by atoms with Gasteiger partial charge < -0.3 is 15.1 Å². The minimum Gasteiger partial charge on any atom is -0.369 e. The maximum absolute atomic E-state index is 3.71. The predicted octanol–water partition coefficient (Wildman–Crippen LogP) is 1.45. The Kier molecular flexibility index (Phi) is 4.78. The number of hydrogen-bond donors (Lipinski definition) is 1. The van der Waals surface area contributed by atoms with E-state index in [0.717, 1.165) is 38.8 Å². The third kappa shape index (κ3) is 3.57. The summed E-state index contributed by atoms with van der Waals surface area (Å²) in [5.41, 5.74) is 1.36. The van der Waals surface area contributed by atoms with E-state index in [-0.39, 0.29) is 0 Å². The van der Waals surface area contributed by atoms with Crippen molar-refractivity contribution >= 4 is 5.69 Å². The Labute approximate surface area is 128 Å². The zero-order valence-corrected chi connectivity index (χ0v) is 13.3. The Morgan fingerprint density at radius 1 is 1.05 bits per heavy atom. The number of nitrogens with one attached hydrogen (secondary N) is 1. The van der Waals surface area contributed by atoms with Crippen LogP contribution in [0.3, 0.4) is 0 Å². The molecule has 0 spiro atoms. The molecular weight excluding hydrogens is 260 g/mol. The molecule has 0 saturated carbocycles. The van der Waals surface area contributed by atoms with Gasteiger partial charge in [-0.05, 0) is 45.6 Å². The van der Waals surface area contributed by atoms with Crippen LogP contribution in [-0.4, -0.2) is 68.8 Å². The lowest BCUT2D eigenvalue weighted by atomic mass is 10.0. The molecule has 2 unspecified atom stereocenters.